The van der Waals surface area contributed by atoms with Crippen LogP contribution in [-0.2, 0) is 12.0 Å². The number of furan rings is 1. The first kappa shape index (κ1) is 14.2. The number of rotatable bonds is 3. The van der Waals surface area contributed by atoms with Crippen LogP contribution in [0, 0.1) is 0 Å². The normalized spacial score (nSPS) is 11.4. The predicted octanol–water partition coefficient (Wildman–Crippen LogP) is 2.08. The number of nitrogens with two attached hydrogens (primary N) is 1. The van der Waals surface area contributed by atoms with Crippen LogP contribution in [0.15, 0.2) is 29.1 Å². The molecule has 3 N–H and O–H groups in total. The molecule has 0 unspecified atom stereocenters. The van der Waals surface area contributed by atoms with Crippen LogP contribution in [0.25, 0.3) is 0 Å². The zero-order chi connectivity index (χ0) is 14.8. The highest BCUT2D eigenvalue weighted by Gasteiger charge is 2.17. The fraction of sp³-hybridized carbons (Fsp3) is 0.357. The lowest BCUT2D eigenvalue weighted by atomic mass is 9.96. The van der Waals surface area contributed by atoms with Crippen LogP contribution in [0.2, 0.25) is 0 Å². The van der Waals surface area contributed by atoms with Crippen LogP contribution < -0.4 is 11.1 Å². The van der Waals surface area contributed by atoms with Crippen molar-refractivity contribution in [2.75, 3.05) is 5.32 Å². The van der Waals surface area contributed by atoms with Gasteiger partial charge in [0.25, 0.3) is 5.91 Å². The summed E-state index contributed by atoms with van der Waals surface area (Å²) in [6, 6.07) is 1.61. The highest BCUT2D eigenvalue weighted by atomic mass is 16.3. The Morgan fingerprint density at radius 3 is 2.50 bits per heavy atom. The predicted molar refractivity (Wildman–Crippen MR) is 75.3 cm³/mol. The van der Waals surface area contributed by atoms with Gasteiger partial charge >= 0.3 is 0 Å². The van der Waals surface area contributed by atoms with E-state index in [0.717, 1.165) is 5.82 Å². The number of amides is 1. The quantitative estimate of drug-likeness (QED) is 0.893. The first-order chi connectivity index (χ1) is 9.40. The fourth-order valence-corrected chi connectivity index (χ4v) is 1.59. The largest absolute Gasteiger partial charge is 0.467 e. The van der Waals surface area contributed by atoms with Gasteiger partial charge in [0.05, 0.1) is 30.2 Å². The van der Waals surface area contributed by atoms with Crippen molar-refractivity contribution >= 4 is 11.6 Å². The summed E-state index contributed by atoms with van der Waals surface area (Å²) in [6.07, 6.45) is 4.56. The zero-order valence-corrected chi connectivity index (χ0v) is 11.8. The molecule has 2 aromatic rings. The van der Waals surface area contributed by atoms with Crippen LogP contribution >= 0.6 is 0 Å². The van der Waals surface area contributed by atoms with E-state index < -0.39 is 0 Å². The summed E-state index contributed by atoms with van der Waals surface area (Å²) < 4.78 is 5.12. The van der Waals surface area contributed by atoms with E-state index in [1.807, 2.05) is 20.8 Å². The number of hydrogen-bond donors (Lipinski definition) is 2. The molecule has 0 atom stereocenters. The van der Waals surface area contributed by atoms with Gasteiger partial charge in [-0.05, 0) is 6.07 Å². The molecule has 0 radical (unpaired) electrons. The van der Waals surface area contributed by atoms with Crippen molar-refractivity contribution in [3.63, 3.8) is 0 Å². The molecule has 2 rings (SSSR count). The summed E-state index contributed by atoms with van der Waals surface area (Å²) >= 11 is 0. The molecular formula is C14H18N4O2. The van der Waals surface area contributed by atoms with Gasteiger partial charge in [-0.2, -0.15) is 0 Å². The Morgan fingerprint density at radius 2 is 2.00 bits per heavy atom. The standard InChI is InChI=1S/C14H18N4O2/c1-14(2,3)13-16-6-10(7-17-13)18-12(19)9-4-11(5-15)20-8-9/h4,6-8H,5,15H2,1-3H3,(H,18,19). The Labute approximate surface area is 117 Å². The van der Waals surface area contributed by atoms with Crippen LogP contribution in [0.4, 0.5) is 5.69 Å². The average Bonchev–Trinajstić information content (AvgIpc) is 2.87. The zero-order valence-electron chi connectivity index (χ0n) is 11.8. The Hall–Kier alpha value is -2.21. The second-order valence-corrected chi connectivity index (χ2v) is 5.51. The van der Waals surface area contributed by atoms with Crippen molar-refractivity contribution in [3.8, 4) is 0 Å². The Balaban J connectivity index is 2.08. The number of aromatic nitrogens is 2. The number of hydrogen-bond acceptors (Lipinski definition) is 5. The van der Waals surface area contributed by atoms with Crippen molar-refractivity contribution in [1.82, 2.24) is 9.97 Å². The van der Waals surface area contributed by atoms with Crippen molar-refractivity contribution in [2.24, 2.45) is 5.73 Å². The van der Waals surface area contributed by atoms with Crippen molar-refractivity contribution in [2.45, 2.75) is 32.7 Å². The summed E-state index contributed by atoms with van der Waals surface area (Å²) in [6.45, 7) is 6.35. The minimum Gasteiger partial charge on any atom is -0.467 e. The lowest BCUT2D eigenvalue weighted by Crippen LogP contribution is -2.17. The summed E-state index contributed by atoms with van der Waals surface area (Å²) in [4.78, 5) is 20.5. The van der Waals surface area contributed by atoms with E-state index in [-0.39, 0.29) is 17.9 Å². The lowest BCUT2D eigenvalue weighted by Gasteiger charge is -2.16. The second kappa shape index (κ2) is 5.42. The van der Waals surface area contributed by atoms with Crippen molar-refractivity contribution < 1.29 is 9.21 Å². The molecule has 0 fully saturated rings. The van der Waals surface area contributed by atoms with Gasteiger partial charge in [0.2, 0.25) is 0 Å². The molecule has 0 aliphatic carbocycles. The third-order valence-electron chi connectivity index (χ3n) is 2.70. The van der Waals surface area contributed by atoms with Gasteiger partial charge in [-0.1, -0.05) is 20.8 Å². The third kappa shape index (κ3) is 3.21. The van der Waals surface area contributed by atoms with E-state index >= 15 is 0 Å². The molecule has 0 saturated heterocycles. The smallest absolute Gasteiger partial charge is 0.259 e. The van der Waals surface area contributed by atoms with Crippen LogP contribution in [0.3, 0.4) is 0 Å². The number of nitrogens with zero attached hydrogens (tertiary/aromatic N) is 2. The SMILES string of the molecule is CC(C)(C)c1ncc(NC(=O)c2coc(CN)c2)cn1. The summed E-state index contributed by atoms with van der Waals surface area (Å²) in [5.74, 6) is 1.01. The van der Waals surface area contributed by atoms with Crippen LogP contribution in [-0.4, -0.2) is 15.9 Å². The molecule has 1 amide bonds. The first-order valence-electron chi connectivity index (χ1n) is 6.31. The first-order valence-corrected chi connectivity index (χ1v) is 6.31. The van der Waals surface area contributed by atoms with Gasteiger partial charge in [0, 0.05) is 5.41 Å². The lowest BCUT2D eigenvalue weighted by molar-refractivity contribution is 0.102. The van der Waals surface area contributed by atoms with E-state index in [1.54, 1.807) is 18.5 Å². The van der Waals surface area contributed by atoms with E-state index in [2.05, 4.69) is 15.3 Å². The summed E-state index contributed by atoms with van der Waals surface area (Å²) in [5.41, 5.74) is 6.27. The maximum absolute atomic E-state index is 12.0. The van der Waals surface area contributed by atoms with Gasteiger partial charge in [0.15, 0.2) is 0 Å². The number of nitrogens with one attached hydrogen (secondary N) is 1. The van der Waals surface area contributed by atoms with E-state index in [9.17, 15) is 4.79 Å². The molecule has 6 heteroatoms. The van der Waals surface area contributed by atoms with Crippen LogP contribution in [0.1, 0.15) is 42.7 Å². The van der Waals surface area contributed by atoms with Gasteiger partial charge in [-0.25, -0.2) is 9.97 Å². The summed E-state index contributed by atoms with van der Waals surface area (Å²) in [7, 11) is 0. The molecule has 0 aliphatic heterocycles. The number of anilines is 1. The summed E-state index contributed by atoms with van der Waals surface area (Å²) in [5, 5.41) is 2.71. The third-order valence-corrected chi connectivity index (χ3v) is 2.70. The molecule has 0 bridgehead atoms. The molecule has 2 heterocycles. The molecule has 6 nitrogen and oxygen atoms in total. The molecular weight excluding hydrogens is 256 g/mol. The minimum absolute atomic E-state index is 0.122. The second-order valence-electron chi connectivity index (χ2n) is 5.51. The molecule has 2 aromatic heterocycles. The Morgan fingerprint density at radius 1 is 1.35 bits per heavy atom. The topological polar surface area (TPSA) is 94.0 Å². The molecule has 20 heavy (non-hydrogen) atoms. The Bertz CT molecular complexity index is 596. The molecule has 0 spiro atoms. The van der Waals surface area contributed by atoms with Gasteiger partial charge in [-0.15, -0.1) is 0 Å². The maximum Gasteiger partial charge on any atom is 0.259 e. The molecule has 0 saturated carbocycles. The van der Waals surface area contributed by atoms with Crippen molar-refractivity contribution in [3.05, 3.63) is 41.9 Å². The fourth-order valence-electron chi connectivity index (χ4n) is 1.59. The van der Waals surface area contributed by atoms with Gasteiger partial charge in [-0.3, -0.25) is 4.79 Å². The molecule has 0 aliphatic rings. The molecule has 106 valence electrons. The minimum atomic E-state index is -0.277. The number of carbonyl (C=O) groups excluding carboxylic acids is 1. The monoisotopic (exact) mass is 274 g/mol. The average molecular weight is 274 g/mol. The van der Waals surface area contributed by atoms with Crippen molar-refractivity contribution in [1.29, 1.82) is 0 Å². The van der Waals surface area contributed by atoms with E-state index in [0.29, 0.717) is 17.0 Å². The van der Waals surface area contributed by atoms with Crippen LogP contribution in [0.5, 0.6) is 0 Å². The van der Waals surface area contributed by atoms with Gasteiger partial charge < -0.3 is 15.5 Å². The van der Waals surface area contributed by atoms with E-state index in [4.69, 9.17) is 10.2 Å². The highest BCUT2D eigenvalue weighted by Crippen LogP contribution is 2.18. The van der Waals surface area contributed by atoms with Gasteiger partial charge in [0.1, 0.15) is 17.8 Å². The number of carbonyl (C=O) groups is 1. The van der Waals surface area contributed by atoms with E-state index in [1.165, 1.54) is 6.26 Å². The maximum atomic E-state index is 12.0. The highest BCUT2D eigenvalue weighted by molar-refractivity contribution is 6.03. The molecule has 0 aromatic carbocycles. The Kier molecular flexibility index (Phi) is 3.85.